The van der Waals surface area contributed by atoms with Crippen LogP contribution in [0, 0.1) is 0 Å². The van der Waals surface area contributed by atoms with Crippen molar-refractivity contribution in [2.24, 2.45) is 0 Å². The summed E-state index contributed by atoms with van der Waals surface area (Å²) >= 11 is 0. The van der Waals surface area contributed by atoms with Crippen LogP contribution in [0.5, 0.6) is 11.5 Å². The molecule has 31 heavy (non-hydrogen) atoms. The van der Waals surface area contributed by atoms with E-state index >= 15 is 0 Å². The lowest BCUT2D eigenvalue weighted by molar-refractivity contribution is 0.414. The number of hydrogen-bond donors (Lipinski definition) is 2. The van der Waals surface area contributed by atoms with E-state index in [0.29, 0.717) is 33.5 Å². The maximum Gasteiger partial charge on any atom is 0.256 e. The van der Waals surface area contributed by atoms with E-state index < -0.39 is 0 Å². The number of phenols is 1. The van der Waals surface area contributed by atoms with Crippen LogP contribution in [-0.4, -0.2) is 17.2 Å². The van der Waals surface area contributed by atoms with Gasteiger partial charge in [-0.25, -0.2) is 0 Å². The highest BCUT2D eigenvalue weighted by Gasteiger charge is 2.21. The molecule has 0 fully saturated rings. The first-order valence-corrected chi connectivity index (χ1v) is 9.83. The molecule has 2 heterocycles. The van der Waals surface area contributed by atoms with E-state index in [1.54, 1.807) is 6.07 Å². The fourth-order valence-electron chi connectivity index (χ4n) is 3.97. The van der Waals surface area contributed by atoms with Crippen molar-refractivity contribution in [1.29, 1.82) is 0 Å². The summed E-state index contributed by atoms with van der Waals surface area (Å²) in [6.07, 6.45) is 1.53. The van der Waals surface area contributed by atoms with E-state index in [-0.39, 0.29) is 11.3 Å². The normalized spacial score (nSPS) is 11.0. The number of aromatic amines is 1. The summed E-state index contributed by atoms with van der Waals surface area (Å²) in [7, 11) is 1.53. The maximum atomic E-state index is 13.3. The molecular formula is C26H19NO4. The first kappa shape index (κ1) is 18.8. The predicted octanol–water partition coefficient (Wildman–Crippen LogP) is 5.84. The summed E-state index contributed by atoms with van der Waals surface area (Å²) in [5.41, 5.74) is 4.16. The molecule has 0 amide bonds. The summed E-state index contributed by atoms with van der Waals surface area (Å²) < 4.78 is 11.0. The number of rotatable bonds is 4. The summed E-state index contributed by atoms with van der Waals surface area (Å²) in [4.78, 5) is 16.3. The summed E-state index contributed by atoms with van der Waals surface area (Å²) in [5.74, 6) is 0.396. The molecule has 0 atom stereocenters. The van der Waals surface area contributed by atoms with Crippen molar-refractivity contribution < 1.29 is 14.3 Å². The van der Waals surface area contributed by atoms with Crippen molar-refractivity contribution in [1.82, 2.24) is 4.98 Å². The number of nitrogens with one attached hydrogen (secondary N) is 1. The zero-order valence-electron chi connectivity index (χ0n) is 16.8. The van der Waals surface area contributed by atoms with Gasteiger partial charge in [0.05, 0.1) is 35.6 Å². The van der Waals surface area contributed by atoms with Crippen LogP contribution in [0.25, 0.3) is 44.5 Å². The Morgan fingerprint density at radius 1 is 0.871 bits per heavy atom. The molecule has 2 aromatic heterocycles. The van der Waals surface area contributed by atoms with Gasteiger partial charge in [0.25, 0.3) is 5.56 Å². The van der Waals surface area contributed by atoms with Gasteiger partial charge in [0.2, 0.25) is 0 Å². The predicted molar refractivity (Wildman–Crippen MR) is 121 cm³/mol. The van der Waals surface area contributed by atoms with Gasteiger partial charge in [-0.3, -0.25) is 4.79 Å². The third kappa shape index (κ3) is 3.16. The minimum absolute atomic E-state index is 0.0403. The van der Waals surface area contributed by atoms with E-state index in [9.17, 15) is 9.90 Å². The molecular weight excluding hydrogens is 390 g/mol. The molecule has 5 aromatic rings. The first-order valence-electron chi connectivity index (χ1n) is 9.83. The van der Waals surface area contributed by atoms with Gasteiger partial charge in [-0.15, -0.1) is 0 Å². The number of pyridine rings is 1. The molecule has 5 nitrogen and oxygen atoms in total. The van der Waals surface area contributed by atoms with Crippen LogP contribution in [0.15, 0.2) is 94.3 Å². The molecule has 5 heteroatoms. The molecule has 0 bridgehead atoms. The number of methoxy groups -OCH3 is 1. The van der Waals surface area contributed by atoms with Crippen LogP contribution in [0.4, 0.5) is 0 Å². The first-order chi connectivity index (χ1) is 15.2. The van der Waals surface area contributed by atoms with Crippen LogP contribution in [0.2, 0.25) is 0 Å². The summed E-state index contributed by atoms with van der Waals surface area (Å²) in [6.45, 7) is 0. The van der Waals surface area contributed by atoms with E-state index in [0.717, 1.165) is 16.7 Å². The highest BCUT2D eigenvalue weighted by atomic mass is 16.5. The number of aromatic nitrogens is 1. The Labute approximate surface area is 178 Å². The Hall–Kier alpha value is -4.25. The Kier molecular flexibility index (Phi) is 4.56. The Balaban J connectivity index is 1.84. The van der Waals surface area contributed by atoms with Crippen molar-refractivity contribution in [2.45, 2.75) is 0 Å². The molecule has 0 unspecified atom stereocenters. The second-order valence-electron chi connectivity index (χ2n) is 7.17. The number of aromatic hydroxyl groups is 1. The molecule has 3 aromatic carbocycles. The molecule has 152 valence electrons. The van der Waals surface area contributed by atoms with Gasteiger partial charge in [-0.1, -0.05) is 60.7 Å². The smallest absolute Gasteiger partial charge is 0.256 e. The monoisotopic (exact) mass is 409 g/mol. The molecule has 0 aliphatic carbocycles. The zero-order chi connectivity index (χ0) is 21.4. The number of hydrogen-bond acceptors (Lipinski definition) is 4. The highest BCUT2D eigenvalue weighted by Crippen LogP contribution is 2.44. The fraction of sp³-hybridized carbons (Fsp3) is 0.0385. The largest absolute Gasteiger partial charge is 0.507 e. The van der Waals surface area contributed by atoms with Crippen molar-refractivity contribution in [3.8, 4) is 45.0 Å². The second-order valence-corrected chi connectivity index (χ2v) is 7.17. The van der Waals surface area contributed by atoms with E-state index in [4.69, 9.17) is 9.15 Å². The average molecular weight is 409 g/mol. The Morgan fingerprint density at radius 3 is 2.23 bits per heavy atom. The van der Waals surface area contributed by atoms with Gasteiger partial charge in [0.15, 0.2) is 0 Å². The summed E-state index contributed by atoms with van der Waals surface area (Å²) in [5, 5.41) is 11.5. The number of benzene rings is 3. The lowest BCUT2D eigenvalue weighted by atomic mass is 9.93. The SMILES string of the molecule is COc1c(-c2cc(-c3ccccc3)c(-c3ccccc3)c(=O)[nH]2)c(O)cc2occc12. The lowest BCUT2D eigenvalue weighted by Crippen LogP contribution is -2.12. The minimum Gasteiger partial charge on any atom is -0.507 e. The van der Waals surface area contributed by atoms with Crippen LogP contribution < -0.4 is 10.3 Å². The number of phenolic OH excluding ortho intramolecular Hbond substituents is 1. The van der Waals surface area contributed by atoms with Gasteiger partial charge in [-0.2, -0.15) is 0 Å². The topological polar surface area (TPSA) is 75.5 Å². The standard InChI is InChI=1S/C26H19NO4/c1-30-25-18-12-13-31-22(18)15-21(28)24(25)20-14-19(16-8-4-2-5-9-16)23(26(29)27-20)17-10-6-3-7-11-17/h2-15,28H,1H3,(H,27,29). The van der Waals surface area contributed by atoms with Crippen LogP contribution in [0.1, 0.15) is 0 Å². The van der Waals surface area contributed by atoms with Crippen LogP contribution >= 0.6 is 0 Å². The number of fused-ring (bicyclic) bond motifs is 1. The zero-order valence-corrected chi connectivity index (χ0v) is 16.8. The van der Waals surface area contributed by atoms with Crippen LogP contribution in [0.3, 0.4) is 0 Å². The van der Waals surface area contributed by atoms with Gasteiger partial charge < -0.3 is 19.2 Å². The van der Waals surface area contributed by atoms with Gasteiger partial charge >= 0.3 is 0 Å². The highest BCUT2D eigenvalue weighted by molar-refractivity contribution is 5.96. The number of ether oxygens (including phenoxy) is 1. The molecule has 0 aliphatic rings. The number of furan rings is 1. The summed E-state index contributed by atoms with van der Waals surface area (Å²) in [6, 6.07) is 24.4. The Morgan fingerprint density at radius 2 is 1.55 bits per heavy atom. The van der Waals surface area contributed by atoms with Gasteiger partial charge in [-0.05, 0) is 28.8 Å². The van der Waals surface area contributed by atoms with Crippen molar-refractivity contribution in [2.75, 3.05) is 7.11 Å². The molecule has 0 spiro atoms. The average Bonchev–Trinajstić information content (AvgIpc) is 3.27. The molecule has 0 saturated carbocycles. The fourth-order valence-corrected chi connectivity index (χ4v) is 3.97. The number of H-pyrrole nitrogens is 1. The quantitative estimate of drug-likeness (QED) is 0.391. The van der Waals surface area contributed by atoms with E-state index in [1.165, 1.54) is 19.4 Å². The van der Waals surface area contributed by atoms with Crippen molar-refractivity contribution in [3.05, 3.63) is 95.5 Å². The van der Waals surface area contributed by atoms with Crippen LogP contribution in [-0.2, 0) is 0 Å². The molecule has 5 rings (SSSR count). The van der Waals surface area contributed by atoms with E-state index in [1.807, 2.05) is 66.7 Å². The van der Waals surface area contributed by atoms with Crippen molar-refractivity contribution >= 4 is 11.0 Å². The maximum absolute atomic E-state index is 13.3. The molecule has 0 aliphatic heterocycles. The van der Waals surface area contributed by atoms with Crippen molar-refractivity contribution in [3.63, 3.8) is 0 Å². The molecule has 0 radical (unpaired) electrons. The van der Waals surface area contributed by atoms with Gasteiger partial charge in [0, 0.05) is 6.07 Å². The van der Waals surface area contributed by atoms with Gasteiger partial charge in [0.1, 0.15) is 17.1 Å². The molecule has 0 saturated heterocycles. The Bertz CT molecular complexity index is 1430. The minimum atomic E-state index is -0.253. The third-order valence-corrected chi connectivity index (χ3v) is 5.34. The molecule has 2 N–H and O–H groups in total. The third-order valence-electron chi connectivity index (χ3n) is 5.34. The van der Waals surface area contributed by atoms with E-state index in [2.05, 4.69) is 4.98 Å². The second kappa shape index (κ2) is 7.54. The lowest BCUT2D eigenvalue weighted by Gasteiger charge is -2.15.